The summed E-state index contributed by atoms with van der Waals surface area (Å²) in [5, 5.41) is 27.0. The molecule has 2 amide bonds. The third-order valence-electron chi connectivity index (χ3n) is 3.68. The molecule has 1 unspecified atom stereocenters. The molecule has 0 heterocycles. The molecule has 0 radical (unpaired) electrons. The Hall–Kier alpha value is -4.08. The van der Waals surface area contributed by atoms with Crippen LogP contribution in [0.1, 0.15) is 22.0 Å². The smallest absolute Gasteiger partial charge is 0.277 e. The van der Waals surface area contributed by atoms with Gasteiger partial charge in [-0.05, 0) is 5.56 Å². The van der Waals surface area contributed by atoms with Crippen LogP contribution < -0.4 is 10.6 Å². The zero-order valence-electron chi connectivity index (χ0n) is 14.5. The van der Waals surface area contributed by atoms with Crippen LogP contribution in [-0.4, -0.2) is 28.2 Å². The maximum atomic E-state index is 12.6. The highest BCUT2D eigenvalue weighted by Crippen LogP contribution is 2.23. The van der Waals surface area contributed by atoms with Gasteiger partial charge in [-0.15, -0.1) is 6.58 Å². The monoisotopic (exact) mass is 384 g/mol. The van der Waals surface area contributed by atoms with E-state index < -0.39 is 39.1 Å². The number of hydrogen-bond acceptors (Lipinski definition) is 6. The van der Waals surface area contributed by atoms with Crippen molar-refractivity contribution >= 4 is 23.2 Å². The first kappa shape index (κ1) is 20.2. The van der Waals surface area contributed by atoms with Crippen molar-refractivity contribution in [3.05, 3.63) is 92.5 Å². The molecule has 10 heteroatoms. The van der Waals surface area contributed by atoms with Crippen LogP contribution in [0.2, 0.25) is 0 Å². The van der Waals surface area contributed by atoms with E-state index in [4.69, 9.17) is 0 Å². The van der Waals surface area contributed by atoms with E-state index in [0.717, 1.165) is 18.2 Å². The summed E-state index contributed by atoms with van der Waals surface area (Å²) in [5.74, 6) is -1.39. The van der Waals surface area contributed by atoms with Crippen LogP contribution in [0.5, 0.6) is 0 Å². The average molecular weight is 384 g/mol. The Bertz CT molecular complexity index is 897. The van der Waals surface area contributed by atoms with Crippen LogP contribution in [0, 0.1) is 20.2 Å². The molecular formula is C18H16N4O6. The van der Waals surface area contributed by atoms with E-state index in [1.54, 1.807) is 30.3 Å². The number of amides is 2. The molecule has 28 heavy (non-hydrogen) atoms. The average Bonchev–Trinajstić information content (AvgIpc) is 2.70. The van der Waals surface area contributed by atoms with Crippen LogP contribution in [-0.2, 0) is 4.79 Å². The van der Waals surface area contributed by atoms with Crippen LogP contribution in [0.3, 0.4) is 0 Å². The van der Waals surface area contributed by atoms with Crippen molar-refractivity contribution in [2.75, 3.05) is 6.54 Å². The second-order valence-electron chi connectivity index (χ2n) is 5.60. The van der Waals surface area contributed by atoms with Gasteiger partial charge >= 0.3 is 0 Å². The van der Waals surface area contributed by atoms with E-state index in [0.29, 0.717) is 5.56 Å². The van der Waals surface area contributed by atoms with Gasteiger partial charge in [-0.2, -0.15) is 0 Å². The highest BCUT2D eigenvalue weighted by atomic mass is 16.6. The molecule has 2 N–H and O–H groups in total. The molecular weight excluding hydrogens is 368 g/mol. The molecule has 2 rings (SSSR count). The number of carbonyl (C=O) groups excluding carboxylic acids is 2. The predicted octanol–water partition coefficient (Wildman–Crippen LogP) is 2.28. The first-order valence-corrected chi connectivity index (χ1v) is 8.01. The minimum absolute atomic E-state index is 0.167. The lowest BCUT2D eigenvalue weighted by Crippen LogP contribution is -2.40. The summed E-state index contributed by atoms with van der Waals surface area (Å²) in [4.78, 5) is 45.4. The van der Waals surface area contributed by atoms with Gasteiger partial charge in [-0.3, -0.25) is 29.8 Å². The summed E-state index contributed by atoms with van der Waals surface area (Å²) in [5.41, 5.74) is -1.05. The van der Waals surface area contributed by atoms with Crippen molar-refractivity contribution in [2.24, 2.45) is 0 Å². The molecule has 0 fully saturated rings. The van der Waals surface area contributed by atoms with E-state index in [9.17, 15) is 29.8 Å². The zero-order valence-corrected chi connectivity index (χ0v) is 14.5. The van der Waals surface area contributed by atoms with Gasteiger partial charge in [0.05, 0.1) is 21.5 Å². The van der Waals surface area contributed by atoms with Gasteiger partial charge in [-0.1, -0.05) is 36.4 Å². The van der Waals surface area contributed by atoms with Gasteiger partial charge in [-0.25, -0.2) is 0 Å². The van der Waals surface area contributed by atoms with Crippen molar-refractivity contribution in [3.8, 4) is 0 Å². The molecule has 2 aromatic carbocycles. The van der Waals surface area contributed by atoms with Crippen molar-refractivity contribution in [1.29, 1.82) is 0 Å². The molecule has 0 aliphatic heterocycles. The Kier molecular flexibility index (Phi) is 6.53. The van der Waals surface area contributed by atoms with Crippen LogP contribution in [0.4, 0.5) is 11.4 Å². The predicted molar refractivity (Wildman–Crippen MR) is 99.6 cm³/mol. The van der Waals surface area contributed by atoms with Crippen molar-refractivity contribution < 1.29 is 19.4 Å². The zero-order chi connectivity index (χ0) is 20.7. The number of non-ortho nitro benzene ring substituents is 2. The largest absolute Gasteiger partial charge is 0.351 e. The van der Waals surface area contributed by atoms with Crippen molar-refractivity contribution in [3.63, 3.8) is 0 Å². The van der Waals surface area contributed by atoms with Gasteiger partial charge in [0, 0.05) is 18.7 Å². The Labute approximate surface area is 159 Å². The summed E-state index contributed by atoms with van der Waals surface area (Å²) in [6, 6.07) is 9.78. The third kappa shape index (κ3) is 4.97. The van der Waals surface area contributed by atoms with Crippen molar-refractivity contribution in [2.45, 2.75) is 6.04 Å². The molecule has 2 aromatic rings. The summed E-state index contributed by atoms with van der Waals surface area (Å²) in [6.07, 6.45) is 1.46. The summed E-state index contributed by atoms with van der Waals surface area (Å²) < 4.78 is 0. The molecule has 0 spiro atoms. The molecule has 0 aliphatic rings. The molecule has 1 atom stereocenters. The number of hydrogen-bond donors (Lipinski definition) is 2. The minimum Gasteiger partial charge on any atom is -0.351 e. The molecule has 0 saturated carbocycles. The summed E-state index contributed by atoms with van der Waals surface area (Å²) >= 11 is 0. The summed E-state index contributed by atoms with van der Waals surface area (Å²) in [7, 11) is 0. The van der Waals surface area contributed by atoms with E-state index in [2.05, 4.69) is 17.2 Å². The lowest BCUT2D eigenvalue weighted by atomic mass is 10.0. The van der Waals surface area contributed by atoms with Crippen molar-refractivity contribution in [1.82, 2.24) is 10.6 Å². The number of nitrogens with one attached hydrogen (secondary N) is 2. The molecule has 0 aromatic heterocycles. The standard InChI is InChI=1S/C18H16N4O6/c1-2-8-19-18(24)16(12-6-4-3-5-7-12)20-17(23)13-9-14(21(25)26)11-15(10-13)22(27)28/h2-7,9-11,16H,1,8H2,(H,19,24)(H,20,23). The molecule has 0 bridgehead atoms. The Morgan fingerprint density at radius 1 is 1.04 bits per heavy atom. The van der Waals surface area contributed by atoms with E-state index in [1.165, 1.54) is 6.08 Å². The highest BCUT2D eigenvalue weighted by molar-refractivity contribution is 5.98. The number of nitro groups is 2. The first-order chi connectivity index (χ1) is 13.3. The maximum absolute atomic E-state index is 12.6. The Balaban J connectivity index is 2.37. The fourth-order valence-electron chi connectivity index (χ4n) is 2.37. The number of nitrogens with zero attached hydrogens (tertiary/aromatic N) is 2. The van der Waals surface area contributed by atoms with Gasteiger partial charge < -0.3 is 10.6 Å². The van der Waals surface area contributed by atoms with E-state index >= 15 is 0 Å². The van der Waals surface area contributed by atoms with E-state index in [1.807, 2.05) is 0 Å². The highest BCUT2D eigenvalue weighted by Gasteiger charge is 2.25. The maximum Gasteiger partial charge on any atom is 0.277 e. The lowest BCUT2D eigenvalue weighted by molar-refractivity contribution is -0.394. The topological polar surface area (TPSA) is 144 Å². The Morgan fingerprint density at radius 2 is 1.61 bits per heavy atom. The van der Waals surface area contributed by atoms with Crippen LogP contribution >= 0.6 is 0 Å². The van der Waals surface area contributed by atoms with Gasteiger partial charge in [0.25, 0.3) is 17.3 Å². The second-order valence-corrected chi connectivity index (χ2v) is 5.60. The van der Waals surface area contributed by atoms with Gasteiger partial charge in [0.2, 0.25) is 5.91 Å². The quantitative estimate of drug-likeness (QED) is 0.406. The minimum atomic E-state index is -1.10. The lowest BCUT2D eigenvalue weighted by Gasteiger charge is -2.18. The second kappa shape index (κ2) is 9.03. The molecule has 0 saturated heterocycles. The van der Waals surface area contributed by atoms with E-state index in [-0.39, 0.29) is 12.1 Å². The van der Waals surface area contributed by atoms with Gasteiger partial charge in [0.1, 0.15) is 6.04 Å². The number of rotatable bonds is 8. The molecule has 10 nitrogen and oxygen atoms in total. The van der Waals surface area contributed by atoms with Crippen LogP contribution in [0.15, 0.2) is 61.2 Å². The number of benzene rings is 2. The Morgan fingerprint density at radius 3 is 2.11 bits per heavy atom. The van der Waals surface area contributed by atoms with Crippen LogP contribution in [0.25, 0.3) is 0 Å². The SMILES string of the molecule is C=CCNC(=O)C(NC(=O)c1cc([N+](=O)[O-])cc([N+](=O)[O-])c1)c1ccccc1. The third-order valence-corrected chi connectivity index (χ3v) is 3.68. The fourth-order valence-corrected chi connectivity index (χ4v) is 2.37. The summed E-state index contributed by atoms with van der Waals surface area (Å²) in [6.45, 7) is 3.66. The van der Waals surface area contributed by atoms with Gasteiger partial charge in [0.15, 0.2) is 0 Å². The normalized spacial score (nSPS) is 11.1. The fraction of sp³-hybridized carbons (Fsp3) is 0.111. The molecule has 144 valence electrons. The first-order valence-electron chi connectivity index (χ1n) is 8.01. The number of carbonyl (C=O) groups is 2. The molecule has 0 aliphatic carbocycles. The number of nitro benzene ring substituents is 2.